The Kier molecular flexibility index (Phi) is 3.73. The molecule has 1 aromatic rings. The van der Waals surface area contributed by atoms with Crippen LogP contribution in [0.4, 0.5) is 14.5 Å². The van der Waals surface area contributed by atoms with Crippen LogP contribution in [-0.2, 0) is 0 Å². The van der Waals surface area contributed by atoms with Crippen molar-refractivity contribution in [3.63, 3.8) is 0 Å². The molecule has 0 spiro atoms. The van der Waals surface area contributed by atoms with Gasteiger partial charge in [-0.15, -0.1) is 0 Å². The largest absolute Gasteiger partial charge is 0.427 e. The number of rotatable bonds is 4. The minimum absolute atomic E-state index is 0.171. The molecule has 0 N–H and O–H groups in total. The van der Waals surface area contributed by atoms with Gasteiger partial charge in [0, 0.05) is 17.7 Å². The highest BCUT2D eigenvalue weighted by molar-refractivity contribution is 6.33. The summed E-state index contributed by atoms with van der Waals surface area (Å²) in [6, 6.07) is 1.57. The fourth-order valence-corrected chi connectivity index (χ4v) is 1.18. The van der Waals surface area contributed by atoms with Crippen LogP contribution in [0.2, 0.25) is 5.02 Å². The molecule has 86 valence electrons. The number of benzene rings is 1. The Labute approximate surface area is 92.7 Å². The van der Waals surface area contributed by atoms with Crippen molar-refractivity contribution in [3.8, 4) is 5.75 Å². The number of nitrogens with zero attached hydrogens (tertiary/aromatic N) is 1. The van der Waals surface area contributed by atoms with E-state index >= 15 is 0 Å². The zero-order valence-electron chi connectivity index (χ0n) is 7.52. The van der Waals surface area contributed by atoms with Crippen LogP contribution in [0.15, 0.2) is 12.1 Å². The van der Waals surface area contributed by atoms with E-state index in [4.69, 9.17) is 11.6 Å². The van der Waals surface area contributed by atoms with E-state index in [2.05, 4.69) is 4.74 Å². The highest BCUT2D eigenvalue weighted by Gasteiger charge is 2.21. The van der Waals surface area contributed by atoms with Crippen LogP contribution in [0.25, 0.3) is 0 Å². The van der Waals surface area contributed by atoms with Gasteiger partial charge in [0.15, 0.2) is 6.29 Å². The Bertz CT molecular complexity index is 438. The lowest BCUT2D eigenvalue weighted by molar-refractivity contribution is -0.386. The van der Waals surface area contributed by atoms with Gasteiger partial charge in [0.25, 0.3) is 0 Å². The Morgan fingerprint density at radius 3 is 2.56 bits per heavy atom. The predicted molar refractivity (Wildman–Crippen MR) is 50.1 cm³/mol. The van der Waals surface area contributed by atoms with E-state index < -0.39 is 23.0 Å². The standard InChI is InChI=1S/C8H4ClF2NO4/c9-5-2-7(16-8(10)11)6(12(14)15)1-4(5)3-13/h1-3,8H. The molecule has 0 saturated heterocycles. The number of nitro groups is 1. The number of hydrogen-bond donors (Lipinski definition) is 0. The van der Waals surface area contributed by atoms with E-state index in [-0.39, 0.29) is 16.9 Å². The van der Waals surface area contributed by atoms with Crippen LogP contribution in [0.5, 0.6) is 5.75 Å². The van der Waals surface area contributed by atoms with Gasteiger partial charge < -0.3 is 4.74 Å². The fraction of sp³-hybridized carbons (Fsp3) is 0.125. The normalized spacial score (nSPS) is 10.2. The molecule has 1 aromatic carbocycles. The number of aldehydes is 1. The van der Waals surface area contributed by atoms with E-state index in [1.165, 1.54) is 0 Å². The van der Waals surface area contributed by atoms with Gasteiger partial charge in [-0.25, -0.2) is 0 Å². The lowest BCUT2D eigenvalue weighted by atomic mass is 10.2. The van der Waals surface area contributed by atoms with Crippen LogP contribution in [0.1, 0.15) is 10.4 Å². The highest BCUT2D eigenvalue weighted by Crippen LogP contribution is 2.33. The first-order valence-electron chi connectivity index (χ1n) is 3.83. The van der Waals surface area contributed by atoms with E-state index in [9.17, 15) is 23.7 Å². The first kappa shape index (κ1) is 12.3. The number of carbonyl (C=O) groups excluding carboxylic acids is 1. The van der Waals surface area contributed by atoms with E-state index in [0.717, 1.165) is 12.1 Å². The van der Waals surface area contributed by atoms with Crippen molar-refractivity contribution < 1.29 is 23.2 Å². The van der Waals surface area contributed by atoms with E-state index in [1.54, 1.807) is 0 Å². The van der Waals surface area contributed by atoms with Crippen molar-refractivity contribution in [2.75, 3.05) is 0 Å². The van der Waals surface area contributed by atoms with E-state index in [1.807, 2.05) is 0 Å². The first-order valence-corrected chi connectivity index (χ1v) is 4.21. The number of carbonyl (C=O) groups is 1. The SMILES string of the molecule is O=Cc1cc([N+](=O)[O-])c(OC(F)F)cc1Cl. The molecule has 0 heterocycles. The summed E-state index contributed by atoms with van der Waals surface area (Å²) in [6.45, 7) is -3.21. The molecule has 0 aliphatic rings. The third-order valence-electron chi connectivity index (χ3n) is 1.62. The highest BCUT2D eigenvalue weighted by atomic mass is 35.5. The average Bonchev–Trinajstić information content (AvgIpc) is 2.16. The van der Waals surface area contributed by atoms with Crippen LogP contribution in [-0.4, -0.2) is 17.8 Å². The molecule has 0 amide bonds. The first-order chi connectivity index (χ1) is 7.45. The summed E-state index contributed by atoms with van der Waals surface area (Å²) in [5, 5.41) is 10.3. The van der Waals surface area contributed by atoms with Crippen LogP contribution >= 0.6 is 11.6 Å². The summed E-state index contributed by atoms with van der Waals surface area (Å²) < 4.78 is 27.8. The number of nitro benzene ring substituents is 1. The third kappa shape index (κ3) is 2.63. The predicted octanol–water partition coefficient (Wildman–Crippen LogP) is 2.66. The summed E-state index contributed by atoms with van der Waals surface area (Å²) in [5.74, 6) is -0.685. The lowest BCUT2D eigenvalue weighted by Crippen LogP contribution is -2.05. The molecule has 0 radical (unpaired) electrons. The van der Waals surface area contributed by atoms with Gasteiger partial charge in [0.2, 0.25) is 5.75 Å². The van der Waals surface area contributed by atoms with Gasteiger partial charge in [0.1, 0.15) is 0 Å². The minimum Gasteiger partial charge on any atom is -0.427 e. The molecule has 8 heteroatoms. The molecule has 0 aliphatic carbocycles. The molecule has 0 bridgehead atoms. The monoisotopic (exact) mass is 251 g/mol. The number of ether oxygens (including phenoxy) is 1. The summed E-state index contributed by atoms with van der Waals surface area (Å²) in [6.07, 6.45) is 0.279. The second-order valence-corrected chi connectivity index (χ2v) is 3.00. The summed E-state index contributed by atoms with van der Waals surface area (Å²) in [5.41, 5.74) is -0.915. The molecule has 16 heavy (non-hydrogen) atoms. The van der Waals surface area contributed by atoms with Crippen molar-refractivity contribution in [3.05, 3.63) is 32.8 Å². The second kappa shape index (κ2) is 4.84. The molecule has 0 atom stereocenters. The van der Waals surface area contributed by atoms with Crippen LogP contribution < -0.4 is 4.74 Å². The molecular weight excluding hydrogens is 248 g/mol. The summed E-state index contributed by atoms with van der Waals surface area (Å²) in [4.78, 5) is 20.0. The molecule has 5 nitrogen and oxygen atoms in total. The number of hydrogen-bond acceptors (Lipinski definition) is 4. The van der Waals surface area contributed by atoms with Gasteiger partial charge in [-0.1, -0.05) is 11.6 Å². The van der Waals surface area contributed by atoms with E-state index in [0.29, 0.717) is 0 Å². The Balaban J connectivity index is 3.30. The van der Waals surface area contributed by atoms with Gasteiger partial charge >= 0.3 is 12.3 Å². The smallest absolute Gasteiger partial charge is 0.387 e. The maximum absolute atomic E-state index is 11.9. The Morgan fingerprint density at radius 1 is 1.50 bits per heavy atom. The Morgan fingerprint density at radius 2 is 2.12 bits per heavy atom. The van der Waals surface area contributed by atoms with Crippen molar-refractivity contribution in [1.82, 2.24) is 0 Å². The maximum atomic E-state index is 11.9. The molecule has 0 fully saturated rings. The quantitative estimate of drug-likeness (QED) is 0.469. The van der Waals surface area contributed by atoms with Crippen molar-refractivity contribution in [2.24, 2.45) is 0 Å². The molecule has 0 saturated carbocycles. The molecule has 0 unspecified atom stereocenters. The van der Waals surface area contributed by atoms with Gasteiger partial charge in [0.05, 0.1) is 9.95 Å². The zero-order chi connectivity index (χ0) is 12.3. The average molecular weight is 252 g/mol. The maximum Gasteiger partial charge on any atom is 0.387 e. The van der Waals surface area contributed by atoms with Crippen LogP contribution in [0.3, 0.4) is 0 Å². The number of alkyl halides is 2. The third-order valence-corrected chi connectivity index (χ3v) is 1.95. The van der Waals surface area contributed by atoms with Crippen molar-refractivity contribution >= 4 is 23.6 Å². The molecule has 0 aliphatic heterocycles. The van der Waals surface area contributed by atoms with Crippen molar-refractivity contribution in [1.29, 1.82) is 0 Å². The molecular formula is C8H4ClF2NO4. The Hall–Kier alpha value is -1.76. The lowest BCUT2D eigenvalue weighted by Gasteiger charge is -2.06. The van der Waals surface area contributed by atoms with Gasteiger partial charge in [-0.3, -0.25) is 14.9 Å². The van der Waals surface area contributed by atoms with Crippen molar-refractivity contribution in [2.45, 2.75) is 6.61 Å². The number of halogens is 3. The van der Waals surface area contributed by atoms with Gasteiger partial charge in [-0.2, -0.15) is 8.78 Å². The molecule has 1 rings (SSSR count). The van der Waals surface area contributed by atoms with Crippen LogP contribution in [0, 0.1) is 10.1 Å². The zero-order valence-corrected chi connectivity index (χ0v) is 8.28. The molecule has 0 aromatic heterocycles. The summed E-state index contributed by atoms with van der Waals surface area (Å²) in [7, 11) is 0. The second-order valence-electron chi connectivity index (χ2n) is 2.59. The van der Waals surface area contributed by atoms with Gasteiger partial charge in [-0.05, 0) is 0 Å². The summed E-state index contributed by atoms with van der Waals surface area (Å²) >= 11 is 5.51. The topological polar surface area (TPSA) is 69.4 Å². The minimum atomic E-state index is -3.21. The fourth-order valence-electron chi connectivity index (χ4n) is 0.983.